The van der Waals surface area contributed by atoms with Gasteiger partial charge in [0.1, 0.15) is 0 Å². The summed E-state index contributed by atoms with van der Waals surface area (Å²) in [5.41, 5.74) is 2.19. The molecule has 0 saturated carbocycles. The second-order valence-electron chi connectivity index (χ2n) is 6.34. The van der Waals surface area contributed by atoms with E-state index in [0.29, 0.717) is 5.69 Å². The molecule has 2 aromatic carbocycles. The molecular formula is C19H17F3N2O2. The van der Waals surface area contributed by atoms with Crippen LogP contribution in [0.1, 0.15) is 17.5 Å². The molecule has 1 unspecified atom stereocenters. The molecule has 3 rings (SSSR count). The molecule has 0 spiro atoms. The lowest BCUT2D eigenvalue weighted by Crippen LogP contribution is -2.29. The highest BCUT2D eigenvalue weighted by atomic mass is 19.2. The van der Waals surface area contributed by atoms with Crippen molar-refractivity contribution in [2.75, 3.05) is 16.8 Å². The third-order valence-corrected chi connectivity index (χ3v) is 4.66. The molecule has 26 heavy (non-hydrogen) atoms. The van der Waals surface area contributed by atoms with Gasteiger partial charge in [-0.15, -0.1) is 0 Å². The number of anilines is 2. The highest BCUT2D eigenvalue weighted by Gasteiger charge is 2.37. The Labute approximate surface area is 148 Å². The number of nitrogens with zero attached hydrogens (tertiary/aromatic N) is 1. The average Bonchev–Trinajstić information content (AvgIpc) is 2.99. The summed E-state index contributed by atoms with van der Waals surface area (Å²) in [6.07, 6.45) is -0.130. The zero-order valence-corrected chi connectivity index (χ0v) is 14.3. The van der Waals surface area contributed by atoms with Gasteiger partial charge in [0.05, 0.1) is 11.6 Å². The molecule has 2 amide bonds. The monoisotopic (exact) mass is 362 g/mol. The summed E-state index contributed by atoms with van der Waals surface area (Å²) in [6.45, 7) is 3.68. The standard InChI is InChI=1S/C19H17F3N2O2/c1-10-4-3-5-14(11(10)2)23-19(26)12-8-16(25)24(9-12)15-7-6-13(20)17(21)18(15)22/h3-7,12H,8-9H2,1-2H3,(H,23,26). The molecule has 2 aromatic rings. The van der Waals surface area contributed by atoms with E-state index in [-0.39, 0.29) is 24.6 Å². The van der Waals surface area contributed by atoms with E-state index in [2.05, 4.69) is 5.32 Å². The van der Waals surface area contributed by atoms with Gasteiger partial charge in [0.25, 0.3) is 0 Å². The van der Waals surface area contributed by atoms with Crippen LogP contribution in [0.2, 0.25) is 0 Å². The highest BCUT2D eigenvalue weighted by molar-refractivity contribution is 6.03. The SMILES string of the molecule is Cc1cccc(NC(=O)C2CC(=O)N(c3ccc(F)c(F)c3F)C2)c1C. The molecule has 4 nitrogen and oxygen atoms in total. The maximum absolute atomic E-state index is 14.0. The zero-order chi connectivity index (χ0) is 19.0. The number of carbonyl (C=O) groups is 2. The summed E-state index contributed by atoms with van der Waals surface area (Å²) in [6, 6.07) is 7.23. The van der Waals surface area contributed by atoms with Crippen LogP contribution in [0, 0.1) is 37.2 Å². The van der Waals surface area contributed by atoms with Crippen LogP contribution in [0.3, 0.4) is 0 Å². The summed E-state index contributed by atoms with van der Waals surface area (Å²) in [5, 5.41) is 2.78. The summed E-state index contributed by atoms with van der Waals surface area (Å²) in [7, 11) is 0. The van der Waals surface area contributed by atoms with E-state index < -0.39 is 29.3 Å². The number of aryl methyl sites for hydroxylation is 1. The molecule has 1 saturated heterocycles. The molecule has 1 aliphatic heterocycles. The minimum Gasteiger partial charge on any atom is -0.326 e. The van der Waals surface area contributed by atoms with Crippen molar-refractivity contribution in [2.24, 2.45) is 5.92 Å². The number of amides is 2. The smallest absolute Gasteiger partial charge is 0.229 e. The van der Waals surface area contributed by atoms with Crippen LogP contribution in [0.15, 0.2) is 30.3 Å². The second kappa shape index (κ2) is 6.82. The van der Waals surface area contributed by atoms with E-state index in [9.17, 15) is 22.8 Å². The third kappa shape index (κ3) is 3.16. The van der Waals surface area contributed by atoms with Crippen molar-refractivity contribution in [1.82, 2.24) is 0 Å². The van der Waals surface area contributed by atoms with Gasteiger partial charge in [-0.1, -0.05) is 12.1 Å². The van der Waals surface area contributed by atoms with Crippen molar-refractivity contribution in [3.8, 4) is 0 Å². The molecule has 136 valence electrons. The number of hydrogen-bond donors (Lipinski definition) is 1. The van der Waals surface area contributed by atoms with Crippen LogP contribution in [0.25, 0.3) is 0 Å². The van der Waals surface area contributed by atoms with Gasteiger partial charge in [0.2, 0.25) is 11.8 Å². The summed E-state index contributed by atoms with van der Waals surface area (Å²) in [5.74, 6) is -6.02. The topological polar surface area (TPSA) is 49.4 Å². The summed E-state index contributed by atoms with van der Waals surface area (Å²) in [4.78, 5) is 25.6. The molecule has 0 aliphatic carbocycles. The van der Waals surface area contributed by atoms with Crippen LogP contribution >= 0.6 is 0 Å². The van der Waals surface area contributed by atoms with E-state index in [1.54, 1.807) is 12.1 Å². The first kappa shape index (κ1) is 18.0. The van der Waals surface area contributed by atoms with Gasteiger partial charge in [0, 0.05) is 18.7 Å². The maximum atomic E-state index is 14.0. The fourth-order valence-electron chi connectivity index (χ4n) is 2.96. The van der Waals surface area contributed by atoms with Crippen molar-refractivity contribution in [3.63, 3.8) is 0 Å². The van der Waals surface area contributed by atoms with Crippen molar-refractivity contribution in [2.45, 2.75) is 20.3 Å². The molecule has 1 atom stereocenters. The molecule has 1 aliphatic rings. The number of nitrogens with one attached hydrogen (secondary N) is 1. The highest BCUT2D eigenvalue weighted by Crippen LogP contribution is 2.30. The Morgan fingerprint density at radius 2 is 1.85 bits per heavy atom. The Kier molecular flexibility index (Phi) is 4.71. The average molecular weight is 362 g/mol. The van der Waals surface area contributed by atoms with Crippen molar-refractivity contribution < 1.29 is 22.8 Å². The molecule has 0 aromatic heterocycles. The van der Waals surface area contributed by atoms with Gasteiger partial charge in [0.15, 0.2) is 17.5 Å². The molecule has 1 fully saturated rings. The van der Waals surface area contributed by atoms with Gasteiger partial charge >= 0.3 is 0 Å². The molecule has 7 heteroatoms. The van der Waals surface area contributed by atoms with E-state index in [0.717, 1.165) is 28.2 Å². The van der Waals surface area contributed by atoms with E-state index in [1.165, 1.54) is 0 Å². The molecule has 1 heterocycles. The summed E-state index contributed by atoms with van der Waals surface area (Å²) >= 11 is 0. The van der Waals surface area contributed by atoms with Crippen LogP contribution in [0.4, 0.5) is 24.5 Å². The molecule has 0 radical (unpaired) electrons. The van der Waals surface area contributed by atoms with Gasteiger partial charge in [-0.3, -0.25) is 9.59 Å². The Balaban J connectivity index is 1.78. The van der Waals surface area contributed by atoms with Crippen LogP contribution < -0.4 is 10.2 Å². The molecular weight excluding hydrogens is 345 g/mol. The van der Waals surface area contributed by atoms with Crippen molar-refractivity contribution >= 4 is 23.2 Å². The lowest BCUT2D eigenvalue weighted by Gasteiger charge is -2.18. The van der Waals surface area contributed by atoms with Gasteiger partial charge in [-0.25, -0.2) is 13.2 Å². The minimum atomic E-state index is -1.64. The Bertz CT molecular complexity index is 899. The first-order valence-electron chi connectivity index (χ1n) is 8.10. The van der Waals surface area contributed by atoms with Gasteiger partial charge in [-0.2, -0.15) is 0 Å². The fourth-order valence-corrected chi connectivity index (χ4v) is 2.96. The minimum absolute atomic E-state index is 0.0997. The van der Waals surface area contributed by atoms with Gasteiger partial charge < -0.3 is 10.2 Å². The first-order valence-corrected chi connectivity index (χ1v) is 8.10. The lowest BCUT2D eigenvalue weighted by molar-refractivity contribution is -0.122. The maximum Gasteiger partial charge on any atom is 0.229 e. The molecule has 1 N–H and O–H groups in total. The number of rotatable bonds is 3. The van der Waals surface area contributed by atoms with Crippen LogP contribution in [-0.4, -0.2) is 18.4 Å². The number of carbonyl (C=O) groups excluding carboxylic acids is 2. The van der Waals surface area contributed by atoms with E-state index >= 15 is 0 Å². The van der Waals surface area contributed by atoms with E-state index in [4.69, 9.17) is 0 Å². The quantitative estimate of drug-likeness (QED) is 0.847. The van der Waals surface area contributed by atoms with Crippen molar-refractivity contribution in [3.05, 3.63) is 58.9 Å². The van der Waals surface area contributed by atoms with Crippen LogP contribution in [-0.2, 0) is 9.59 Å². The lowest BCUT2D eigenvalue weighted by atomic mass is 10.1. The van der Waals surface area contributed by atoms with Crippen LogP contribution in [0.5, 0.6) is 0 Å². The summed E-state index contributed by atoms with van der Waals surface area (Å²) < 4.78 is 40.5. The number of benzene rings is 2. The van der Waals surface area contributed by atoms with E-state index in [1.807, 2.05) is 19.9 Å². The predicted octanol–water partition coefficient (Wildman–Crippen LogP) is 3.71. The fraction of sp³-hybridized carbons (Fsp3) is 0.263. The Morgan fingerprint density at radius 1 is 1.12 bits per heavy atom. The number of hydrogen-bond acceptors (Lipinski definition) is 2. The first-order chi connectivity index (χ1) is 12.3. The number of halogens is 3. The Morgan fingerprint density at radius 3 is 2.58 bits per heavy atom. The third-order valence-electron chi connectivity index (χ3n) is 4.66. The second-order valence-corrected chi connectivity index (χ2v) is 6.34. The predicted molar refractivity (Wildman–Crippen MR) is 91.3 cm³/mol. The van der Waals surface area contributed by atoms with Gasteiger partial charge in [-0.05, 0) is 43.2 Å². The zero-order valence-electron chi connectivity index (χ0n) is 14.3. The normalized spacial score (nSPS) is 16.9. The molecule has 0 bridgehead atoms. The largest absolute Gasteiger partial charge is 0.326 e. The van der Waals surface area contributed by atoms with Crippen molar-refractivity contribution in [1.29, 1.82) is 0 Å². The Hall–Kier alpha value is -2.83.